The molecule has 2 heterocycles. The lowest BCUT2D eigenvalue weighted by Gasteiger charge is -2.32. The Kier molecular flexibility index (Phi) is 7.26. The van der Waals surface area contributed by atoms with Crippen molar-refractivity contribution in [1.82, 2.24) is 14.5 Å². The normalized spacial score (nSPS) is 18.4. The predicted molar refractivity (Wildman–Crippen MR) is 110 cm³/mol. The molecule has 154 valence electrons. The first kappa shape index (κ1) is 21.0. The van der Waals surface area contributed by atoms with Crippen LogP contribution >= 0.6 is 0 Å². The standard InChI is InChI=1S/C21H31N3O3S/c1-2-28(26,27)21-22-14-20(24(21)16-19-8-4-3-5-9-19)17-23-12-6-10-18(15-23)11-7-13-25/h3-5,8-9,14,18,25H,2,6-7,10-13,15-17H2,1H3. The second-order valence-electron chi connectivity index (χ2n) is 7.62. The van der Waals surface area contributed by atoms with Crippen molar-refractivity contribution in [2.24, 2.45) is 5.92 Å². The van der Waals surface area contributed by atoms with Crippen LogP contribution in [0.1, 0.15) is 43.9 Å². The van der Waals surface area contributed by atoms with Gasteiger partial charge in [-0.3, -0.25) is 4.90 Å². The predicted octanol–water partition coefficient (Wildman–Crippen LogP) is 2.71. The lowest BCUT2D eigenvalue weighted by Crippen LogP contribution is -2.35. The van der Waals surface area contributed by atoms with Gasteiger partial charge >= 0.3 is 0 Å². The topological polar surface area (TPSA) is 75.4 Å². The summed E-state index contributed by atoms with van der Waals surface area (Å²) in [5.74, 6) is 0.649. The summed E-state index contributed by atoms with van der Waals surface area (Å²) in [7, 11) is -3.39. The lowest BCUT2D eigenvalue weighted by atomic mass is 9.93. The fraction of sp³-hybridized carbons (Fsp3) is 0.571. The van der Waals surface area contributed by atoms with Gasteiger partial charge in [0.25, 0.3) is 0 Å². The van der Waals surface area contributed by atoms with Gasteiger partial charge < -0.3 is 9.67 Å². The van der Waals surface area contributed by atoms with E-state index in [9.17, 15) is 8.42 Å². The molecule has 1 saturated heterocycles. The van der Waals surface area contributed by atoms with Gasteiger partial charge in [0.05, 0.1) is 24.2 Å². The second kappa shape index (κ2) is 9.67. The number of benzene rings is 1. The van der Waals surface area contributed by atoms with E-state index in [-0.39, 0.29) is 17.5 Å². The fourth-order valence-corrected chi connectivity index (χ4v) is 4.96. The lowest BCUT2D eigenvalue weighted by molar-refractivity contribution is 0.150. The molecule has 1 aliphatic heterocycles. The van der Waals surface area contributed by atoms with Gasteiger partial charge in [0, 0.05) is 19.7 Å². The molecule has 1 aliphatic rings. The molecule has 0 bridgehead atoms. The summed E-state index contributed by atoms with van der Waals surface area (Å²) < 4.78 is 27.0. The summed E-state index contributed by atoms with van der Waals surface area (Å²) in [6.45, 7) is 5.13. The molecule has 7 heteroatoms. The number of piperidine rings is 1. The van der Waals surface area contributed by atoms with E-state index < -0.39 is 9.84 Å². The summed E-state index contributed by atoms with van der Waals surface area (Å²) in [6, 6.07) is 9.92. The first-order chi connectivity index (χ1) is 13.5. The van der Waals surface area contributed by atoms with Gasteiger partial charge in [0.2, 0.25) is 15.0 Å². The van der Waals surface area contributed by atoms with Crippen molar-refractivity contribution in [2.45, 2.75) is 50.9 Å². The third kappa shape index (κ3) is 5.21. The number of aliphatic hydroxyl groups excluding tert-OH is 1. The van der Waals surface area contributed by atoms with Gasteiger partial charge in [-0.25, -0.2) is 13.4 Å². The van der Waals surface area contributed by atoms with Crippen LogP contribution in [-0.4, -0.2) is 53.4 Å². The largest absolute Gasteiger partial charge is 0.396 e. The molecule has 1 atom stereocenters. The van der Waals surface area contributed by atoms with E-state index in [1.54, 1.807) is 13.1 Å². The van der Waals surface area contributed by atoms with Crippen LogP contribution in [0.15, 0.2) is 41.7 Å². The first-order valence-electron chi connectivity index (χ1n) is 10.2. The van der Waals surface area contributed by atoms with Crippen LogP contribution in [0.2, 0.25) is 0 Å². The summed E-state index contributed by atoms with van der Waals surface area (Å²) in [5, 5.41) is 9.26. The van der Waals surface area contributed by atoms with Gasteiger partial charge in [0.1, 0.15) is 0 Å². The van der Waals surface area contributed by atoms with E-state index >= 15 is 0 Å². The van der Waals surface area contributed by atoms with Crippen LogP contribution < -0.4 is 0 Å². The molecule has 1 unspecified atom stereocenters. The van der Waals surface area contributed by atoms with Crippen LogP contribution in [0.4, 0.5) is 0 Å². The number of likely N-dealkylation sites (tertiary alicyclic amines) is 1. The van der Waals surface area contributed by atoms with E-state index in [1.165, 1.54) is 6.42 Å². The number of rotatable bonds is 9. The molecular weight excluding hydrogens is 374 g/mol. The number of nitrogens with zero attached hydrogens (tertiary/aromatic N) is 3. The Hall–Kier alpha value is -1.70. The fourth-order valence-electron chi connectivity index (χ4n) is 3.97. The maximum absolute atomic E-state index is 12.6. The maximum Gasteiger partial charge on any atom is 0.228 e. The molecule has 0 radical (unpaired) electrons. The number of hydrogen-bond acceptors (Lipinski definition) is 5. The molecule has 1 N–H and O–H groups in total. The van der Waals surface area contributed by atoms with Crippen LogP contribution in [0, 0.1) is 5.92 Å². The third-order valence-electron chi connectivity index (χ3n) is 5.50. The molecule has 0 aliphatic carbocycles. The minimum atomic E-state index is -3.39. The highest BCUT2D eigenvalue weighted by atomic mass is 32.2. The Morgan fingerprint density at radius 2 is 2.00 bits per heavy atom. The molecule has 6 nitrogen and oxygen atoms in total. The van der Waals surface area contributed by atoms with Crippen molar-refractivity contribution < 1.29 is 13.5 Å². The molecule has 0 amide bonds. The van der Waals surface area contributed by atoms with Crippen molar-refractivity contribution in [3.63, 3.8) is 0 Å². The van der Waals surface area contributed by atoms with Gasteiger partial charge in [0.15, 0.2) is 0 Å². The highest BCUT2D eigenvalue weighted by molar-refractivity contribution is 7.91. The quantitative estimate of drug-likeness (QED) is 0.694. The molecule has 1 fully saturated rings. The molecule has 0 spiro atoms. The summed E-state index contributed by atoms with van der Waals surface area (Å²) in [4.78, 5) is 6.70. The minimum absolute atomic E-state index is 0.0468. The second-order valence-corrected chi connectivity index (χ2v) is 9.79. The molecule has 2 aromatic rings. The van der Waals surface area contributed by atoms with Crippen molar-refractivity contribution >= 4 is 9.84 Å². The highest BCUT2D eigenvalue weighted by Gasteiger charge is 2.25. The Labute approximate surface area is 168 Å². The Bertz CT molecular complexity index is 849. The number of imidazole rings is 1. The molecule has 28 heavy (non-hydrogen) atoms. The van der Waals surface area contributed by atoms with Crippen molar-refractivity contribution in [2.75, 3.05) is 25.4 Å². The van der Waals surface area contributed by atoms with Gasteiger partial charge in [-0.05, 0) is 43.7 Å². The number of sulfone groups is 1. The van der Waals surface area contributed by atoms with Gasteiger partial charge in [-0.15, -0.1) is 0 Å². The molecular formula is C21H31N3O3S. The minimum Gasteiger partial charge on any atom is -0.396 e. The Morgan fingerprint density at radius 3 is 2.71 bits per heavy atom. The van der Waals surface area contributed by atoms with Crippen LogP contribution in [0.5, 0.6) is 0 Å². The SMILES string of the molecule is CCS(=O)(=O)c1ncc(CN2CCCC(CCCO)C2)n1Cc1ccccc1. The van der Waals surface area contributed by atoms with E-state index in [0.717, 1.165) is 43.6 Å². The molecule has 0 saturated carbocycles. The molecule has 3 rings (SSSR count). The zero-order valence-corrected chi connectivity index (χ0v) is 17.4. The van der Waals surface area contributed by atoms with Crippen LogP contribution in [0.25, 0.3) is 0 Å². The summed E-state index contributed by atoms with van der Waals surface area (Å²) in [6.07, 6.45) is 5.97. The third-order valence-corrected chi connectivity index (χ3v) is 7.14. The van der Waals surface area contributed by atoms with Crippen molar-refractivity contribution in [3.05, 3.63) is 47.8 Å². The van der Waals surface area contributed by atoms with E-state index in [1.807, 2.05) is 34.9 Å². The first-order valence-corrected chi connectivity index (χ1v) is 11.8. The summed E-state index contributed by atoms with van der Waals surface area (Å²) in [5.41, 5.74) is 2.01. The zero-order chi connectivity index (χ0) is 20.0. The number of aromatic nitrogens is 2. The monoisotopic (exact) mass is 405 g/mol. The average Bonchev–Trinajstić information content (AvgIpc) is 3.10. The zero-order valence-electron chi connectivity index (χ0n) is 16.6. The molecule has 1 aromatic carbocycles. The summed E-state index contributed by atoms with van der Waals surface area (Å²) >= 11 is 0. The average molecular weight is 406 g/mol. The van der Waals surface area contributed by atoms with Gasteiger partial charge in [-0.1, -0.05) is 37.3 Å². The van der Waals surface area contributed by atoms with Crippen molar-refractivity contribution in [1.29, 1.82) is 0 Å². The van der Waals surface area contributed by atoms with Gasteiger partial charge in [-0.2, -0.15) is 0 Å². The Balaban J connectivity index is 1.82. The highest BCUT2D eigenvalue weighted by Crippen LogP contribution is 2.24. The smallest absolute Gasteiger partial charge is 0.228 e. The van der Waals surface area contributed by atoms with Crippen molar-refractivity contribution in [3.8, 4) is 0 Å². The van der Waals surface area contributed by atoms with Crippen LogP contribution in [0.3, 0.4) is 0 Å². The maximum atomic E-state index is 12.6. The van der Waals surface area contributed by atoms with E-state index in [2.05, 4.69) is 9.88 Å². The van der Waals surface area contributed by atoms with E-state index in [4.69, 9.17) is 5.11 Å². The number of aliphatic hydroxyl groups is 1. The Morgan fingerprint density at radius 1 is 1.21 bits per heavy atom. The number of hydrogen-bond donors (Lipinski definition) is 1. The van der Waals surface area contributed by atoms with Crippen LogP contribution in [-0.2, 0) is 22.9 Å². The van der Waals surface area contributed by atoms with E-state index in [0.29, 0.717) is 19.0 Å². The molecule has 1 aromatic heterocycles.